The van der Waals surface area contributed by atoms with Gasteiger partial charge in [0.1, 0.15) is 0 Å². The molecule has 0 aliphatic heterocycles. The summed E-state index contributed by atoms with van der Waals surface area (Å²) in [6, 6.07) is 0. The summed E-state index contributed by atoms with van der Waals surface area (Å²) in [6.07, 6.45) is 12.0. The molecule has 4 saturated carbocycles. The minimum atomic E-state index is -0.00331. The number of ether oxygens (including phenoxy) is 3. The van der Waals surface area contributed by atoms with Gasteiger partial charge in [-0.3, -0.25) is 0 Å². The number of rotatable bonds is 19. The molecule has 0 aromatic carbocycles. The van der Waals surface area contributed by atoms with Gasteiger partial charge >= 0.3 is 0 Å². The van der Waals surface area contributed by atoms with Gasteiger partial charge in [0.25, 0.3) is 0 Å². The smallest absolute Gasteiger partial charge is 0.0637 e. The summed E-state index contributed by atoms with van der Waals surface area (Å²) < 4.78 is 20.1. The maximum absolute atomic E-state index is 9.63. The van der Waals surface area contributed by atoms with Crippen LogP contribution in [0.3, 0.4) is 0 Å². The number of hydrogen-bond acceptors (Lipinski definition) is 7. The van der Waals surface area contributed by atoms with Crippen molar-refractivity contribution in [3.63, 3.8) is 0 Å². The third-order valence-corrected chi connectivity index (χ3v) is 12.7. The molecule has 4 fully saturated rings. The van der Waals surface area contributed by atoms with Gasteiger partial charge in [-0.25, -0.2) is 0 Å². The molecule has 1 N–H and O–H groups in total. The topological polar surface area (TPSA) is 194 Å². The average molecular weight is 644 g/mol. The second-order valence-electron chi connectivity index (χ2n) is 14.8. The van der Waals surface area contributed by atoms with Crippen LogP contribution < -0.4 is 0 Å². The van der Waals surface area contributed by atoms with Crippen LogP contribution in [0, 0.1) is 46.3 Å². The van der Waals surface area contributed by atoms with Gasteiger partial charge < -0.3 is 19.3 Å². The molecule has 13 nitrogen and oxygen atoms in total. The Kier molecular flexibility index (Phi) is 14.2. The molecule has 1 unspecified atom stereocenters. The fourth-order valence-electron chi connectivity index (χ4n) is 10.5. The first-order valence-electron chi connectivity index (χ1n) is 17.8. The van der Waals surface area contributed by atoms with Crippen molar-refractivity contribution in [2.75, 3.05) is 46.1 Å². The lowest BCUT2D eigenvalue weighted by Gasteiger charge is -2.65. The van der Waals surface area contributed by atoms with Crippen molar-refractivity contribution >= 4 is 0 Å². The first-order chi connectivity index (χ1) is 22.3. The van der Waals surface area contributed by atoms with Crippen molar-refractivity contribution in [1.29, 1.82) is 0 Å². The monoisotopic (exact) mass is 643 g/mol. The van der Waals surface area contributed by atoms with Gasteiger partial charge in [-0.15, -0.1) is 0 Å². The third kappa shape index (κ3) is 8.24. The molecule has 0 heterocycles. The maximum Gasteiger partial charge on any atom is 0.0637 e. The number of aliphatic hydroxyl groups is 1. The van der Waals surface area contributed by atoms with Crippen molar-refractivity contribution in [3.8, 4) is 0 Å². The number of azide groups is 3. The van der Waals surface area contributed by atoms with Gasteiger partial charge in [0.15, 0.2) is 0 Å². The van der Waals surface area contributed by atoms with Crippen LogP contribution in [0.15, 0.2) is 15.3 Å². The minimum Gasteiger partial charge on any atom is -0.396 e. The third-order valence-electron chi connectivity index (χ3n) is 12.7. The van der Waals surface area contributed by atoms with E-state index in [1.165, 1.54) is 12.8 Å². The quantitative estimate of drug-likeness (QED) is 0.0637. The van der Waals surface area contributed by atoms with Gasteiger partial charge in [0.2, 0.25) is 0 Å². The van der Waals surface area contributed by atoms with Crippen LogP contribution in [0.5, 0.6) is 0 Å². The van der Waals surface area contributed by atoms with Gasteiger partial charge in [-0.1, -0.05) is 36.1 Å². The number of fused-ring (bicyclic) bond motifs is 5. The Hall–Kier alpha value is -2.23. The molecule has 13 heteroatoms. The molecule has 4 aliphatic rings. The van der Waals surface area contributed by atoms with Gasteiger partial charge in [-0.05, 0) is 135 Å². The van der Waals surface area contributed by atoms with Gasteiger partial charge in [0.05, 0.1) is 18.3 Å². The van der Waals surface area contributed by atoms with E-state index < -0.39 is 0 Å². The zero-order valence-electron chi connectivity index (χ0n) is 28.3. The van der Waals surface area contributed by atoms with E-state index in [0.29, 0.717) is 75.0 Å². The predicted octanol–water partition coefficient (Wildman–Crippen LogP) is 8.53. The fourth-order valence-corrected chi connectivity index (χ4v) is 10.5. The Balaban J connectivity index is 1.61. The molecule has 0 spiro atoms. The standard InChI is InChI=1S/C33H57N9O4/c1-23(8-4-16-43)26-9-10-27-31-28(22-30(33(26,27)3)46-19-7-15-39-42-36)32(2)12-11-25(44-17-5-13-37-40-34)20-24(32)21-29(31)45-18-6-14-38-41-35/h23-31,43H,4-22H2,1-3H3/t23-,24+,25?,26-,27+,28+,29-,30+,31+,32+,33-/m1/s1. The SMILES string of the molecule is C[C@H](CCCO)[C@H]1CC[C@H]2[C@@H]3[C@H](OCCCN=[N+]=[N-])C[C@@H]4CC(OCCCN=[N+]=[N-])CC[C@]4(C)[C@H]3C[C@H](OCCCN=[N+]=[N-])[C@]12C. The van der Waals surface area contributed by atoms with Crippen LogP contribution in [0.4, 0.5) is 0 Å². The Morgan fingerprint density at radius 1 is 0.783 bits per heavy atom. The molecular weight excluding hydrogens is 586 g/mol. The number of aliphatic hydroxyl groups excluding tert-OH is 1. The van der Waals surface area contributed by atoms with Crippen LogP contribution in [-0.2, 0) is 14.2 Å². The molecule has 4 aliphatic carbocycles. The first kappa shape index (κ1) is 36.6. The van der Waals surface area contributed by atoms with E-state index in [1.807, 2.05) is 0 Å². The molecule has 4 rings (SSSR count). The highest BCUT2D eigenvalue weighted by Crippen LogP contribution is 2.69. The number of hydrogen-bond donors (Lipinski definition) is 1. The fraction of sp³-hybridized carbons (Fsp3) is 1.00. The molecule has 258 valence electrons. The average Bonchev–Trinajstić information content (AvgIpc) is 3.41. The highest BCUT2D eigenvalue weighted by atomic mass is 16.5. The van der Waals surface area contributed by atoms with E-state index in [2.05, 4.69) is 50.8 Å². The van der Waals surface area contributed by atoms with Crippen LogP contribution in [-0.4, -0.2) is 69.5 Å². The second kappa shape index (κ2) is 17.8. The maximum atomic E-state index is 9.63. The van der Waals surface area contributed by atoms with E-state index in [4.69, 9.17) is 30.8 Å². The lowest BCUT2D eigenvalue weighted by molar-refractivity contribution is -0.227. The van der Waals surface area contributed by atoms with Crippen LogP contribution >= 0.6 is 0 Å². The molecule has 11 atom stereocenters. The van der Waals surface area contributed by atoms with Crippen molar-refractivity contribution in [2.45, 2.75) is 116 Å². The zero-order chi connectivity index (χ0) is 33.0. The first-order valence-corrected chi connectivity index (χ1v) is 17.8. The summed E-state index contributed by atoms with van der Waals surface area (Å²) in [5.74, 6) is 2.86. The summed E-state index contributed by atoms with van der Waals surface area (Å²) in [6.45, 7) is 10.8. The summed E-state index contributed by atoms with van der Waals surface area (Å²) >= 11 is 0. The van der Waals surface area contributed by atoms with Crippen molar-refractivity contribution < 1.29 is 19.3 Å². The van der Waals surface area contributed by atoms with Crippen LogP contribution in [0.2, 0.25) is 0 Å². The molecule has 46 heavy (non-hydrogen) atoms. The van der Waals surface area contributed by atoms with E-state index in [9.17, 15) is 5.11 Å². The van der Waals surface area contributed by atoms with E-state index >= 15 is 0 Å². The van der Waals surface area contributed by atoms with Crippen molar-refractivity contribution in [2.24, 2.45) is 61.7 Å². The minimum absolute atomic E-state index is 0.00331. The van der Waals surface area contributed by atoms with E-state index in [1.54, 1.807) is 0 Å². The highest BCUT2D eigenvalue weighted by molar-refractivity contribution is 5.15. The molecule has 0 amide bonds. The lowest BCUT2D eigenvalue weighted by atomic mass is 9.43. The molecule has 0 aromatic heterocycles. The zero-order valence-corrected chi connectivity index (χ0v) is 28.3. The van der Waals surface area contributed by atoms with Crippen molar-refractivity contribution in [3.05, 3.63) is 31.3 Å². The second-order valence-corrected chi connectivity index (χ2v) is 14.8. The lowest BCUT2D eigenvalue weighted by Crippen LogP contribution is -2.63. The Bertz CT molecular complexity index is 1110. The van der Waals surface area contributed by atoms with Crippen LogP contribution in [0.25, 0.3) is 31.3 Å². The molecule has 0 saturated heterocycles. The number of nitrogens with zero attached hydrogens (tertiary/aromatic N) is 9. The normalized spacial score (nSPS) is 37.0. The molecule has 0 radical (unpaired) electrons. The predicted molar refractivity (Wildman–Crippen MR) is 177 cm³/mol. The summed E-state index contributed by atoms with van der Waals surface area (Å²) in [7, 11) is 0. The summed E-state index contributed by atoms with van der Waals surface area (Å²) in [5.41, 5.74) is 26.3. The molecule has 0 bridgehead atoms. The van der Waals surface area contributed by atoms with E-state index in [0.717, 1.165) is 64.2 Å². The Morgan fingerprint density at radius 2 is 1.41 bits per heavy atom. The Labute approximate surface area is 274 Å². The summed E-state index contributed by atoms with van der Waals surface area (Å²) in [5, 5.41) is 20.8. The summed E-state index contributed by atoms with van der Waals surface area (Å²) in [4.78, 5) is 8.71. The Morgan fingerprint density at radius 3 is 2.04 bits per heavy atom. The highest BCUT2D eigenvalue weighted by Gasteiger charge is 2.66. The van der Waals surface area contributed by atoms with E-state index in [-0.39, 0.29) is 35.7 Å². The molecular formula is C33H57N9O4. The van der Waals surface area contributed by atoms with Gasteiger partial charge in [0, 0.05) is 66.2 Å². The molecule has 0 aromatic rings. The largest absolute Gasteiger partial charge is 0.396 e. The van der Waals surface area contributed by atoms with Crippen LogP contribution in [0.1, 0.15) is 97.8 Å². The van der Waals surface area contributed by atoms with Crippen molar-refractivity contribution in [1.82, 2.24) is 0 Å². The van der Waals surface area contributed by atoms with Gasteiger partial charge in [-0.2, -0.15) is 0 Å².